The first-order valence-electron chi connectivity index (χ1n) is 6.16. The molecule has 1 aromatic carbocycles. The Labute approximate surface area is 111 Å². The Morgan fingerprint density at radius 1 is 1.42 bits per heavy atom. The lowest BCUT2D eigenvalue weighted by molar-refractivity contribution is -0.384. The minimum atomic E-state index is -0.521. The van der Waals surface area contributed by atoms with Crippen LogP contribution in [0.15, 0.2) is 18.2 Å². The van der Waals surface area contributed by atoms with E-state index in [0.717, 1.165) is 6.42 Å². The van der Waals surface area contributed by atoms with Crippen molar-refractivity contribution in [1.82, 2.24) is 4.90 Å². The fraction of sp³-hybridized carbons (Fsp3) is 0.462. The Balaban J connectivity index is 3.08. The molecule has 19 heavy (non-hydrogen) atoms. The maximum atomic E-state index is 12.3. The lowest BCUT2D eigenvalue weighted by atomic mass is 10.1. The lowest BCUT2D eigenvalue weighted by Gasteiger charge is -2.21. The topological polar surface area (TPSA) is 83.7 Å². The van der Waals surface area contributed by atoms with Crippen molar-refractivity contribution >= 4 is 11.6 Å². The zero-order valence-electron chi connectivity index (χ0n) is 11.1. The molecule has 0 aliphatic carbocycles. The molecule has 0 atom stereocenters. The second-order valence-electron chi connectivity index (χ2n) is 4.27. The van der Waals surface area contributed by atoms with Gasteiger partial charge in [0.15, 0.2) is 0 Å². The number of aryl methyl sites for hydroxylation is 1. The van der Waals surface area contributed by atoms with Gasteiger partial charge in [-0.05, 0) is 18.9 Å². The van der Waals surface area contributed by atoms with E-state index in [1.165, 1.54) is 17.0 Å². The minimum absolute atomic E-state index is 0.102. The first-order chi connectivity index (χ1) is 9.01. The van der Waals surface area contributed by atoms with Gasteiger partial charge in [0.25, 0.3) is 11.6 Å². The van der Waals surface area contributed by atoms with Gasteiger partial charge in [-0.25, -0.2) is 0 Å². The molecule has 0 saturated heterocycles. The molecule has 0 aliphatic rings. The summed E-state index contributed by atoms with van der Waals surface area (Å²) in [5, 5.41) is 19.7. The van der Waals surface area contributed by atoms with Crippen LogP contribution in [-0.4, -0.2) is 40.5 Å². The molecule has 6 nitrogen and oxygen atoms in total. The zero-order chi connectivity index (χ0) is 14.4. The Morgan fingerprint density at radius 2 is 2.11 bits per heavy atom. The van der Waals surface area contributed by atoms with Crippen LogP contribution >= 0.6 is 0 Å². The summed E-state index contributed by atoms with van der Waals surface area (Å²) in [6.07, 6.45) is 0.764. The molecule has 0 heterocycles. The minimum Gasteiger partial charge on any atom is -0.395 e. The van der Waals surface area contributed by atoms with Crippen molar-refractivity contribution in [2.24, 2.45) is 0 Å². The predicted molar refractivity (Wildman–Crippen MR) is 71.1 cm³/mol. The van der Waals surface area contributed by atoms with E-state index in [2.05, 4.69) is 0 Å². The van der Waals surface area contributed by atoms with E-state index in [0.29, 0.717) is 17.7 Å². The van der Waals surface area contributed by atoms with Gasteiger partial charge in [0, 0.05) is 30.8 Å². The van der Waals surface area contributed by atoms with Gasteiger partial charge in [0.1, 0.15) is 0 Å². The number of hydrogen-bond donors (Lipinski definition) is 1. The van der Waals surface area contributed by atoms with Crippen LogP contribution in [0.2, 0.25) is 0 Å². The van der Waals surface area contributed by atoms with Crippen LogP contribution < -0.4 is 0 Å². The van der Waals surface area contributed by atoms with E-state index < -0.39 is 4.92 Å². The van der Waals surface area contributed by atoms with Crippen molar-refractivity contribution in [2.45, 2.75) is 20.3 Å². The maximum absolute atomic E-state index is 12.3. The average Bonchev–Trinajstić information content (AvgIpc) is 2.38. The summed E-state index contributed by atoms with van der Waals surface area (Å²) in [5.74, 6) is -0.280. The number of carbonyl (C=O) groups excluding carboxylic acids is 1. The number of aliphatic hydroxyl groups excluding tert-OH is 1. The van der Waals surface area contributed by atoms with E-state index >= 15 is 0 Å². The summed E-state index contributed by atoms with van der Waals surface area (Å²) in [5.41, 5.74) is 0.903. The second-order valence-corrected chi connectivity index (χ2v) is 4.27. The highest BCUT2D eigenvalue weighted by atomic mass is 16.6. The summed E-state index contributed by atoms with van der Waals surface area (Å²) in [4.78, 5) is 24.0. The number of aliphatic hydroxyl groups is 1. The van der Waals surface area contributed by atoms with E-state index in [4.69, 9.17) is 5.11 Å². The molecule has 104 valence electrons. The molecule has 1 amide bonds. The van der Waals surface area contributed by atoms with Crippen molar-refractivity contribution in [2.75, 3.05) is 19.7 Å². The van der Waals surface area contributed by atoms with Gasteiger partial charge in [0.2, 0.25) is 0 Å². The number of amides is 1. The molecule has 0 aliphatic heterocycles. The second kappa shape index (κ2) is 6.84. The normalized spacial score (nSPS) is 10.3. The average molecular weight is 266 g/mol. The van der Waals surface area contributed by atoms with Crippen LogP contribution in [0.1, 0.15) is 29.3 Å². The van der Waals surface area contributed by atoms with E-state index in [9.17, 15) is 14.9 Å². The number of carbonyl (C=O) groups is 1. The number of nitro benzene ring substituents is 1. The van der Waals surface area contributed by atoms with Crippen LogP contribution in [0.3, 0.4) is 0 Å². The molecule has 0 aromatic heterocycles. The van der Waals surface area contributed by atoms with E-state index in [-0.39, 0.29) is 24.7 Å². The number of benzene rings is 1. The summed E-state index contributed by atoms with van der Waals surface area (Å²) < 4.78 is 0. The fourth-order valence-corrected chi connectivity index (χ4v) is 1.83. The summed E-state index contributed by atoms with van der Waals surface area (Å²) in [6, 6.07) is 4.23. The van der Waals surface area contributed by atoms with Gasteiger partial charge in [-0.1, -0.05) is 13.0 Å². The molecule has 6 heteroatoms. The van der Waals surface area contributed by atoms with Gasteiger partial charge < -0.3 is 10.0 Å². The molecule has 0 radical (unpaired) electrons. The zero-order valence-corrected chi connectivity index (χ0v) is 11.1. The Kier molecular flexibility index (Phi) is 5.44. The van der Waals surface area contributed by atoms with Gasteiger partial charge >= 0.3 is 0 Å². The Morgan fingerprint density at radius 3 is 2.63 bits per heavy atom. The molecule has 0 unspecified atom stereocenters. The quantitative estimate of drug-likeness (QED) is 0.628. The third-order valence-corrected chi connectivity index (χ3v) is 2.81. The van der Waals surface area contributed by atoms with E-state index in [1.54, 1.807) is 13.0 Å². The third kappa shape index (κ3) is 3.75. The number of nitro groups is 1. The predicted octanol–water partition coefficient (Wildman–Crippen LogP) is 1.75. The molecule has 1 rings (SSSR count). The van der Waals surface area contributed by atoms with Crippen molar-refractivity contribution in [3.8, 4) is 0 Å². The van der Waals surface area contributed by atoms with Crippen LogP contribution in [0.25, 0.3) is 0 Å². The molecular weight excluding hydrogens is 248 g/mol. The van der Waals surface area contributed by atoms with Gasteiger partial charge in [-0.2, -0.15) is 0 Å². The molecule has 1 aromatic rings. The Bertz CT molecular complexity index is 468. The number of nitrogens with zero attached hydrogens (tertiary/aromatic N) is 2. The highest BCUT2D eigenvalue weighted by Gasteiger charge is 2.19. The Hall–Kier alpha value is -1.95. The summed E-state index contributed by atoms with van der Waals surface area (Å²) in [7, 11) is 0. The lowest BCUT2D eigenvalue weighted by Crippen LogP contribution is -2.34. The standard InChI is InChI=1S/C13H18N2O4/c1-3-6-14(7-8-16)13(17)12-9-11(15(18)19)5-4-10(12)2/h4-5,9,16H,3,6-8H2,1-2H3. The number of hydrogen-bond acceptors (Lipinski definition) is 4. The maximum Gasteiger partial charge on any atom is 0.270 e. The molecule has 0 bridgehead atoms. The van der Waals surface area contributed by atoms with Crippen LogP contribution in [0.4, 0.5) is 5.69 Å². The largest absolute Gasteiger partial charge is 0.395 e. The number of non-ortho nitro benzene ring substituents is 1. The van der Waals surface area contributed by atoms with Crippen LogP contribution in [0.5, 0.6) is 0 Å². The molecule has 0 spiro atoms. The number of rotatable bonds is 6. The molecule has 0 saturated carbocycles. The molecule has 0 fully saturated rings. The van der Waals surface area contributed by atoms with Crippen LogP contribution in [0, 0.1) is 17.0 Å². The monoisotopic (exact) mass is 266 g/mol. The van der Waals surface area contributed by atoms with Crippen molar-refractivity contribution < 1.29 is 14.8 Å². The smallest absolute Gasteiger partial charge is 0.270 e. The van der Waals surface area contributed by atoms with E-state index in [1.807, 2.05) is 6.92 Å². The SMILES string of the molecule is CCCN(CCO)C(=O)c1cc([N+](=O)[O-])ccc1C. The summed E-state index contributed by atoms with van der Waals surface area (Å²) >= 11 is 0. The first-order valence-corrected chi connectivity index (χ1v) is 6.16. The van der Waals surface area contributed by atoms with Gasteiger partial charge in [-0.15, -0.1) is 0 Å². The molecular formula is C13H18N2O4. The van der Waals surface area contributed by atoms with Crippen molar-refractivity contribution in [1.29, 1.82) is 0 Å². The van der Waals surface area contributed by atoms with Crippen molar-refractivity contribution in [3.63, 3.8) is 0 Å². The highest BCUT2D eigenvalue weighted by molar-refractivity contribution is 5.96. The first kappa shape index (κ1) is 15.1. The van der Waals surface area contributed by atoms with Crippen molar-refractivity contribution in [3.05, 3.63) is 39.4 Å². The molecule has 1 N–H and O–H groups in total. The third-order valence-electron chi connectivity index (χ3n) is 2.81. The van der Waals surface area contributed by atoms with Crippen LogP contribution in [-0.2, 0) is 0 Å². The fourth-order valence-electron chi connectivity index (χ4n) is 1.83. The summed E-state index contributed by atoms with van der Waals surface area (Å²) in [6.45, 7) is 4.29. The van der Waals surface area contributed by atoms with Gasteiger partial charge in [0.05, 0.1) is 11.5 Å². The van der Waals surface area contributed by atoms with Gasteiger partial charge in [-0.3, -0.25) is 14.9 Å². The highest BCUT2D eigenvalue weighted by Crippen LogP contribution is 2.19.